The number of nitrogens with zero attached hydrogens (tertiary/aromatic N) is 1. The Morgan fingerprint density at radius 3 is 3.15 bits per heavy atom. The Balaban J connectivity index is 1.83. The summed E-state index contributed by atoms with van der Waals surface area (Å²) in [6.45, 7) is 0.220. The number of aromatic amines is 1. The second-order valence-electron chi connectivity index (χ2n) is 4.23. The Bertz CT molecular complexity index is 734. The molecule has 0 aliphatic carbocycles. The van der Waals surface area contributed by atoms with Crippen molar-refractivity contribution in [1.82, 2.24) is 9.97 Å². The van der Waals surface area contributed by atoms with Crippen LogP contribution in [-0.4, -0.2) is 29.4 Å². The number of hydrogen-bond donors (Lipinski definition) is 2. The number of carbonyl (C=O) groups excluding carboxylic acids is 1. The van der Waals surface area contributed by atoms with Crippen molar-refractivity contribution in [3.8, 4) is 5.75 Å². The number of Topliss-reactive ketones (excluding diaryl/α,β-unsaturated/α-hetero) is 1. The molecule has 2 aromatic heterocycles. The lowest BCUT2D eigenvalue weighted by atomic mass is 10.1. The number of hydrogen-bond acceptors (Lipinski definition) is 5. The molecule has 0 aliphatic rings. The monoisotopic (exact) mass is 287 g/mol. The first kappa shape index (κ1) is 12.7. The zero-order valence-electron chi connectivity index (χ0n) is 10.8. The largest absolute Gasteiger partial charge is 0.497 e. The predicted molar refractivity (Wildman–Crippen MR) is 79.8 cm³/mol. The summed E-state index contributed by atoms with van der Waals surface area (Å²) < 4.78 is 5.20. The molecule has 2 heterocycles. The number of fused-ring (bicyclic) bond motifs is 1. The molecule has 0 saturated heterocycles. The number of thiazole rings is 1. The first-order chi connectivity index (χ1) is 9.78. The number of ketones is 1. The maximum atomic E-state index is 12.3. The van der Waals surface area contributed by atoms with Crippen molar-refractivity contribution in [2.24, 2.45) is 0 Å². The summed E-state index contributed by atoms with van der Waals surface area (Å²) in [5.74, 6) is 0.749. The third kappa shape index (κ3) is 2.37. The number of carbonyl (C=O) groups is 1. The van der Waals surface area contributed by atoms with E-state index in [1.807, 2.05) is 23.6 Å². The van der Waals surface area contributed by atoms with Crippen LogP contribution in [-0.2, 0) is 0 Å². The number of aromatic nitrogens is 2. The van der Waals surface area contributed by atoms with Gasteiger partial charge in [-0.15, -0.1) is 11.3 Å². The van der Waals surface area contributed by atoms with Crippen LogP contribution in [0.5, 0.6) is 5.75 Å². The second-order valence-corrected chi connectivity index (χ2v) is 5.12. The highest BCUT2D eigenvalue weighted by molar-refractivity contribution is 7.13. The van der Waals surface area contributed by atoms with Gasteiger partial charge in [-0.3, -0.25) is 4.79 Å². The number of ether oxygens (including phenoxy) is 1. The maximum Gasteiger partial charge on any atom is 0.184 e. The molecular formula is C14H13N3O2S. The van der Waals surface area contributed by atoms with Gasteiger partial charge in [0, 0.05) is 34.2 Å². The van der Waals surface area contributed by atoms with Crippen LogP contribution in [0, 0.1) is 0 Å². The molecule has 0 fully saturated rings. The highest BCUT2D eigenvalue weighted by atomic mass is 32.1. The van der Waals surface area contributed by atoms with Crippen molar-refractivity contribution in [2.75, 3.05) is 19.0 Å². The van der Waals surface area contributed by atoms with Gasteiger partial charge in [-0.05, 0) is 18.2 Å². The van der Waals surface area contributed by atoms with Crippen LogP contribution in [0.3, 0.4) is 0 Å². The number of H-pyrrole nitrogens is 1. The van der Waals surface area contributed by atoms with Crippen LogP contribution in [0.1, 0.15) is 10.4 Å². The van der Waals surface area contributed by atoms with Crippen molar-refractivity contribution in [1.29, 1.82) is 0 Å². The minimum absolute atomic E-state index is 0.0136. The molecule has 0 saturated carbocycles. The maximum absolute atomic E-state index is 12.3. The van der Waals surface area contributed by atoms with E-state index in [1.165, 1.54) is 11.3 Å². The van der Waals surface area contributed by atoms with E-state index in [1.54, 1.807) is 19.5 Å². The quantitative estimate of drug-likeness (QED) is 0.708. The molecule has 102 valence electrons. The van der Waals surface area contributed by atoms with Gasteiger partial charge in [0.15, 0.2) is 10.9 Å². The number of anilines is 1. The topological polar surface area (TPSA) is 67.0 Å². The average molecular weight is 287 g/mol. The highest BCUT2D eigenvalue weighted by Crippen LogP contribution is 2.24. The van der Waals surface area contributed by atoms with Gasteiger partial charge in [0.05, 0.1) is 13.7 Å². The summed E-state index contributed by atoms with van der Waals surface area (Å²) in [5.41, 5.74) is 1.58. The molecule has 20 heavy (non-hydrogen) atoms. The first-order valence-electron chi connectivity index (χ1n) is 6.09. The van der Waals surface area contributed by atoms with E-state index in [2.05, 4.69) is 15.3 Å². The fourth-order valence-electron chi connectivity index (χ4n) is 2.02. The summed E-state index contributed by atoms with van der Waals surface area (Å²) in [7, 11) is 1.61. The Kier molecular flexibility index (Phi) is 3.39. The Morgan fingerprint density at radius 2 is 2.40 bits per heavy atom. The molecular weight excluding hydrogens is 274 g/mol. The molecule has 0 unspecified atom stereocenters. The van der Waals surface area contributed by atoms with Crippen LogP contribution < -0.4 is 10.1 Å². The summed E-state index contributed by atoms with van der Waals surface area (Å²) in [4.78, 5) is 19.5. The molecule has 0 spiro atoms. The molecule has 0 aliphatic heterocycles. The van der Waals surface area contributed by atoms with Crippen molar-refractivity contribution in [3.05, 3.63) is 41.5 Å². The van der Waals surface area contributed by atoms with Crippen LogP contribution >= 0.6 is 11.3 Å². The summed E-state index contributed by atoms with van der Waals surface area (Å²) in [6.07, 6.45) is 3.43. The molecule has 3 rings (SSSR count). The van der Waals surface area contributed by atoms with E-state index in [9.17, 15) is 4.79 Å². The first-order valence-corrected chi connectivity index (χ1v) is 6.97. The van der Waals surface area contributed by atoms with Gasteiger partial charge in [0.2, 0.25) is 0 Å². The summed E-state index contributed by atoms with van der Waals surface area (Å²) in [6, 6.07) is 5.63. The van der Waals surface area contributed by atoms with Crippen molar-refractivity contribution < 1.29 is 9.53 Å². The SMILES string of the molecule is COc1ccc2[nH]cc(C(=O)CNc3nccs3)c2c1. The molecule has 2 N–H and O–H groups in total. The zero-order chi connectivity index (χ0) is 13.9. The van der Waals surface area contributed by atoms with E-state index in [0.717, 1.165) is 21.8 Å². The van der Waals surface area contributed by atoms with Crippen molar-refractivity contribution >= 4 is 33.2 Å². The van der Waals surface area contributed by atoms with Crippen LogP contribution in [0.25, 0.3) is 10.9 Å². The second kappa shape index (κ2) is 5.34. The zero-order valence-corrected chi connectivity index (χ0v) is 11.7. The molecule has 5 nitrogen and oxygen atoms in total. The van der Waals surface area contributed by atoms with E-state index in [-0.39, 0.29) is 12.3 Å². The summed E-state index contributed by atoms with van der Waals surface area (Å²) in [5, 5.41) is 6.50. The Morgan fingerprint density at radius 1 is 1.50 bits per heavy atom. The Labute approximate surface area is 119 Å². The number of benzene rings is 1. The third-order valence-electron chi connectivity index (χ3n) is 3.02. The predicted octanol–water partition coefficient (Wildman–Crippen LogP) is 2.93. The van der Waals surface area contributed by atoms with Gasteiger partial charge < -0.3 is 15.0 Å². The molecule has 6 heteroatoms. The summed E-state index contributed by atoms with van der Waals surface area (Å²) >= 11 is 1.47. The van der Waals surface area contributed by atoms with E-state index in [4.69, 9.17) is 4.74 Å². The molecule has 1 aromatic carbocycles. The highest BCUT2D eigenvalue weighted by Gasteiger charge is 2.13. The van der Waals surface area contributed by atoms with Gasteiger partial charge in [0.1, 0.15) is 5.75 Å². The van der Waals surface area contributed by atoms with Gasteiger partial charge >= 0.3 is 0 Å². The van der Waals surface area contributed by atoms with Gasteiger partial charge in [-0.2, -0.15) is 0 Å². The minimum Gasteiger partial charge on any atom is -0.497 e. The van der Waals surface area contributed by atoms with Crippen molar-refractivity contribution in [3.63, 3.8) is 0 Å². The number of methoxy groups -OCH3 is 1. The van der Waals surface area contributed by atoms with Gasteiger partial charge in [-0.1, -0.05) is 0 Å². The fraction of sp³-hybridized carbons (Fsp3) is 0.143. The average Bonchev–Trinajstić information content (AvgIpc) is 3.13. The van der Waals surface area contributed by atoms with Crippen molar-refractivity contribution in [2.45, 2.75) is 0 Å². The lowest BCUT2D eigenvalue weighted by Crippen LogP contribution is -2.13. The lowest BCUT2D eigenvalue weighted by molar-refractivity contribution is 0.101. The third-order valence-corrected chi connectivity index (χ3v) is 3.75. The van der Waals surface area contributed by atoms with E-state index in [0.29, 0.717) is 5.56 Å². The van der Waals surface area contributed by atoms with E-state index < -0.39 is 0 Å². The molecule has 0 radical (unpaired) electrons. The normalized spacial score (nSPS) is 10.7. The fourth-order valence-corrected chi connectivity index (χ4v) is 2.55. The minimum atomic E-state index is 0.0136. The molecule has 3 aromatic rings. The van der Waals surface area contributed by atoms with Gasteiger partial charge in [-0.25, -0.2) is 4.98 Å². The molecule has 0 atom stereocenters. The molecule has 0 amide bonds. The van der Waals surface area contributed by atoms with Crippen LogP contribution in [0.2, 0.25) is 0 Å². The van der Waals surface area contributed by atoms with E-state index >= 15 is 0 Å². The van der Waals surface area contributed by atoms with Crippen LogP contribution in [0.15, 0.2) is 36.0 Å². The van der Waals surface area contributed by atoms with Crippen LogP contribution in [0.4, 0.5) is 5.13 Å². The molecule has 0 bridgehead atoms. The lowest BCUT2D eigenvalue weighted by Gasteiger charge is -2.03. The number of rotatable bonds is 5. The number of nitrogens with one attached hydrogen (secondary N) is 2. The Hall–Kier alpha value is -2.34. The van der Waals surface area contributed by atoms with Gasteiger partial charge in [0.25, 0.3) is 0 Å². The smallest absolute Gasteiger partial charge is 0.184 e. The standard InChI is InChI=1S/C14H13N3O2S/c1-19-9-2-3-12-10(6-9)11(7-16-12)13(18)8-17-14-15-4-5-20-14/h2-7,16H,8H2,1H3,(H,15,17).